The molecule has 0 aliphatic carbocycles. The fourth-order valence-corrected chi connectivity index (χ4v) is 1.91. The fourth-order valence-electron chi connectivity index (χ4n) is 1.91. The lowest BCUT2D eigenvalue weighted by molar-refractivity contribution is -0.125. The van der Waals surface area contributed by atoms with Gasteiger partial charge in [0.15, 0.2) is 6.61 Å². The van der Waals surface area contributed by atoms with Crippen molar-refractivity contribution >= 4 is 22.8 Å². The Balaban J connectivity index is 1.95. The van der Waals surface area contributed by atoms with E-state index in [1.807, 2.05) is 45.0 Å². The first-order valence-corrected chi connectivity index (χ1v) is 7.01. The molecule has 1 heterocycles. The highest BCUT2D eigenvalue weighted by molar-refractivity contribution is 6.04. The molecule has 0 unspecified atom stereocenters. The summed E-state index contributed by atoms with van der Waals surface area (Å²) in [6, 6.07) is 7.50. The van der Waals surface area contributed by atoms with Crippen LogP contribution in [0.1, 0.15) is 31.1 Å². The monoisotopic (exact) mass is 288 g/mol. The minimum absolute atomic E-state index is 0.0456. The summed E-state index contributed by atoms with van der Waals surface area (Å²) in [5.41, 5.74) is 1.30. The van der Waals surface area contributed by atoms with Crippen molar-refractivity contribution in [1.82, 2.24) is 10.3 Å². The number of amides is 1. The standard InChI is InChI=1S/C16H20N2O3/c1-10(2)11(3)18-15(19)9-21-16(20)13-8-17-14-7-5-4-6-12(13)14/h4-8,10-11,17H,9H2,1-3H3,(H,18,19)/t11-/m1/s1. The van der Waals surface area contributed by atoms with E-state index in [2.05, 4.69) is 10.3 Å². The van der Waals surface area contributed by atoms with E-state index in [9.17, 15) is 9.59 Å². The molecule has 2 aromatic rings. The number of hydrogen-bond donors (Lipinski definition) is 2. The number of aromatic nitrogens is 1. The molecule has 1 aromatic carbocycles. The van der Waals surface area contributed by atoms with Crippen LogP contribution in [-0.2, 0) is 9.53 Å². The summed E-state index contributed by atoms with van der Waals surface area (Å²) >= 11 is 0. The maximum absolute atomic E-state index is 12.0. The van der Waals surface area contributed by atoms with E-state index in [0.717, 1.165) is 10.9 Å². The van der Waals surface area contributed by atoms with Crippen molar-refractivity contribution in [2.75, 3.05) is 6.61 Å². The van der Waals surface area contributed by atoms with E-state index in [4.69, 9.17) is 4.74 Å². The Kier molecular flexibility index (Phi) is 4.62. The molecule has 2 rings (SSSR count). The molecule has 0 spiro atoms. The van der Waals surface area contributed by atoms with Gasteiger partial charge in [0.05, 0.1) is 5.56 Å². The first kappa shape index (κ1) is 15.1. The zero-order valence-corrected chi connectivity index (χ0v) is 12.5. The van der Waals surface area contributed by atoms with E-state index in [1.54, 1.807) is 6.20 Å². The molecule has 0 saturated carbocycles. The molecule has 5 nitrogen and oxygen atoms in total. The van der Waals surface area contributed by atoms with Gasteiger partial charge in [-0.1, -0.05) is 32.0 Å². The van der Waals surface area contributed by atoms with Gasteiger partial charge in [0, 0.05) is 23.1 Å². The summed E-state index contributed by atoms with van der Waals surface area (Å²) in [6.45, 7) is 5.69. The molecule has 112 valence electrons. The van der Waals surface area contributed by atoms with Crippen LogP contribution < -0.4 is 5.32 Å². The first-order valence-electron chi connectivity index (χ1n) is 7.01. The van der Waals surface area contributed by atoms with Crippen LogP contribution >= 0.6 is 0 Å². The maximum atomic E-state index is 12.0. The zero-order chi connectivity index (χ0) is 15.4. The van der Waals surface area contributed by atoms with E-state index in [1.165, 1.54) is 0 Å². The largest absolute Gasteiger partial charge is 0.452 e. The topological polar surface area (TPSA) is 71.2 Å². The first-order chi connectivity index (χ1) is 9.99. The van der Waals surface area contributed by atoms with E-state index in [-0.39, 0.29) is 18.6 Å². The molecular formula is C16H20N2O3. The number of ether oxygens (including phenoxy) is 1. The van der Waals surface area contributed by atoms with E-state index < -0.39 is 5.97 Å². The molecule has 1 atom stereocenters. The number of rotatable bonds is 5. The van der Waals surface area contributed by atoms with Crippen LogP contribution in [0.5, 0.6) is 0 Å². The van der Waals surface area contributed by atoms with Gasteiger partial charge in [-0.2, -0.15) is 0 Å². The Bertz CT molecular complexity index is 646. The van der Waals surface area contributed by atoms with Crippen molar-refractivity contribution in [3.8, 4) is 0 Å². The van der Waals surface area contributed by atoms with Crippen LogP contribution in [0.2, 0.25) is 0 Å². The van der Waals surface area contributed by atoms with Gasteiger partial charge in [-0.25, -0.2) is 4.79 Å². The Labute approximate surface area is 123 Å². The third-order valence-electron chi connectivity index (χ3n) is 3.53. The van der Waals surface area contributed by atoms with Crippen LogP contribution in [0, 0.1) is 5.92 Å². The van der Waals surface area contributed by atoms with Crippen molar-refractivity contribution < 1.29 is 14.3 Å². The normalized spacial score (nSPS) is 12.4. The molecule has 21 heavy (non-hydrogen) atoms. The number of fused-ring (bicyclic) bond motifs is 1. The molecule has 0 aliphatic heterocycles. The number of carbonyl (C=O) groups excluding carboxylic acids is 2. The molecule has 0 fully saturated rings. The van der Waals surface area contributed by atoms with Gasteiger partial charge in [0.25, 0.3) is 5.91 Å². The number of hydrogen-bond acceptors (Lipinski definition) is 3. The second-order valence-electron chi connectivity index (χ2n) is 5.42. The Morgan fingerprint density at radius 3 is 2.67 bits per heavy atom. The molecule has 0 aliphatic rings. The molecular weight excluding hydrogens is 268 g/mol. The summed E-state index contributed by atoms with van der Waals surface area (Å²) in [5, 5.41) is 3.58. The summed E-state index contributed by atoms with van der Waals surface area (Å²) in [7, 11) is 0. The second-order valence-corrected chi connectivity index (χ2v) is 5.42. The Hall–Kier alpha value is -2.30. The third-order valence-corrected chi connectivity index (χ3v) is 3.53. The summed E-state index contributed by atoms with van der Waals surface area (Å²) < 4.78 is 5.07. The van der Waals surface area contributed by atoms with Gasteiger partial charge < -0.3 is 15.0 Å². The minimum Gasteiger partial charge on any atom is -0.452 e. The number of para-hydroxylation sites is 1. The number of esters is 1. The molecule has 0 bridgehead atoms. The third kappa shape index (κ3) is 3.62. The van der Waals surface area contributed by atoms with Crippen LogP contribution in [0.15, 0.2) is 30.5 Å². The predicted molar refractivity (Wildman–Crippen MR) is 81.0 cm³/mol. The molecule has 0 saturated heterocycles. The SMILES string of the molecule is CC(C)[C@@H](C)NC(=O)COC(=O)c1c[nH]c2ccccc12. The van der Waals surface area contributed by atoms with Crippen molar-refractivity contribution in [2.45, 2.75) is 26.8 Å². The van der Waals surface area contributed by atoms with Crippen molar-refractivity contribution in [3.63, 3.8) is 0 Å². The van der Waals surface area contributed by atoms with Gasteiger partial charge in [0.2, 0.25) is 0 Å². The average molecular weight is 288 g/mol. The lowest BCUT2D eigenvalue weighted by atomic mass is 10.1. The van der Waals surface area contributed by atoms with Crippen LogP contribution in [0.4, 0.5) is 0 Å². The Morgan fingerprint density at radius 2 is 1.95 bits per heavy atom. The smallest absolute Gasteiger partial charge is 0.340 e. The van der Waals surface area contributed by atoms with E-state index >= 15 is 0 Å². The number of benzene rings is 1. The summed E-state index contributed by atoms with van der Waals surface area (Å²) in [4.78, 5) is 26.7. The Morgan fingerprint density at radius 1 is 1.24 bits per heavy atom. The summed E-state index contributed by atoms with van der Waals surface area (Å²) in [5.74, 6) is -0.456. The molecule has 1 amide bonds. The van der Waals surface area contributed by atoms with Gasteiger partial charge in [-0.05, 0) is 18.9 Å². The number of aromatic amines is 1. The van der Waals surface area contributed by atoms with Gasteiger partial charge in [-0.15, -0.1) is 0 Å². The minimum atomic E-state index is -0.500. The highest BCUT2D eigenvalue weighted by atomic mass is 16.5. The average Bonchev–Trinajstić information content (AvgIpc) is 2.88. The number of nitrogens with one attached hydrogen (secondary N) is 2. The fraction of sp³-hybridized carbons (Fsp3) is 0.375. The second kappa shape index (κ2) is 6.43. The highest BCUT2D eigenvalue weighted by Crippen LogP contribution is 2.18. The van der Waals surface area contributed by atoms with Crippen LogP contribution in [0.25, 0.3) is 10.9 Å². The highest BCUT2D eigenvalue weighted by Gasteiger charge is 2.16. The predicted octanol–water partition coefficient (Wildman–Crippen LogP) is 2.49. The van der Waals surface area contributed by atoms with Crippen LogP contribution in [0.3, 0.4) is 0 Å². The van der Waals surface area contributed by atoms with Gasteiger partial charge in [-0.3, -0.25) is 4.79 Å². The number of H-pyrrole nitrogens is 1. The van der Waals surface area contributed by atoms with Gasteiger partial charge >= 0.3 is 5.97 Å². The van der Waals surface area contributed by atoms with Crippen molar-refractivity contribution in [2.24, 2.45) is 5.92 Å². The van der Waals surface area contributed by atoms with E-state index in [0.29, 0.717) is 11.5 Å². The molecule has 2 N–H and O–H groups in total. The van der Waals surface area contributed by atoms with Crippen LogP contribution in [-0.4, -0.2) is 29.5 Å². The van der Waals surface area contributed by atoms with Crippen molar-refractivity contribution in [1.29, 1.82) is 0 Å². The number of carbonyl (C=O) groups is 2. The maximum Gasteiger partial charge on any atom is 0.340 e. The molecule has 0 radical (unpaired) electrons. The molecule has 5 heteroatoms. The zero-order valence-electron chi connectivity index (χ0n) is 12.5. The van der Waals surface area contributed by atoms with Gasteiger partial charge in [0.1, 0.15) is 0 Å². The lowest BCUT2D eigenvalue weighted by Gasteiger charge is -2.17. The summed E-state index contributed by atoms with van der Waals surface area (Å²) in [6.07, 6.45) is 1.60. The quantitative estimate of drug-likeness (QED) is 0.830. The molecule has 1 aromatic heterocycles. The lowest BCUT2D eigenvalue weighted by Crippen LogP contribution is -2.38. The van der Waals surface area contributed by atoms with Crippen molar-refractivity contribution in [3.05, 3.63) is 36.0 Å².